The highest BCUT2D eigenvalue weighted by molar-refractivity contribution is 4.49. The Bertz CT molecular complexity index is 50.4. The highest BCUT2D eigenvalue weighted by atomic mass is 14.9. The van der Waals surface area contributed by atoms with Crippen LogP contribution in [0.25, 0.3) is 0 Å². The van der Waals surface area contributed by atoms with Gasteiger partial charge in [-0.2, -0.15) is 0 Å². The van der Waals surface area contributed by atoms with E-state index in [1.54, 1.807) is 0 Å². The van der Waals surface area contributed by atoms with Crippen molar-refractivity contribution in [3.05, 3.63) is 0 Å². The lowest BCUT2D eigenvalue weighted by atomic mass is 10.4. The largest absolute Gasteiger partial charge is 0.344 e. The van der Waals surface area contributed by atoms with Crippen LogP contribution in [0, 0.1) is 0 Å². The molecule has 7 N–H and O–H groups in total. The molecule has 0 saturated heterocycles. The van der Waals surface area contributed by atoms with Crippen LogP contribution in [0.3, 0.4) is 0 Å². The number of hydrogen-bond acceptors (Lipinski definition) is 4. The Morgan fingerprint density at radius 1 is 1.09 bits per heavy atom. The monoisotopic (exact) mass is 162 g/mol. The van der Waals surface area contributed by atoms with Crippen molar-refractivity contribution in [3.63, 3.8) is 0 Å². The van der Waals surface area contributed by atoms with Crippen molar-refractivity contribution in [2.75, 3.05) is 32.7 Å². The smallest absolute Gasteiger partial charge is 0.00745 e. The van der Waals surface area contributed by atoms with Gasteiger partial charge in [0.15, 0.2) is 0 Å². The second-order valence-electron chi connectivity index (χ2n) is 2.25. The van der Waals surface area contributed by atoms with Gasteiger partial charge >= 0.3 is 0 Å². The molecule has 0 fully saturated rings. The van der Waals surface area contributed by atoms with E-state index < -0.39 is 0 Å². The average molecular weight is 162 g/mol. The van der Waals surface area contributed by atoms with Crippen molar-refractivity contribution in [2.24, 2.45) is 5.73 Å². The van der Waals surface area contributed by atoms with Crippen molar-refractivity contribution in [1.82, 2.24) is 16.8 Å². The van der Waals surface area contributed by atoms with Crippen LogP contribution in [0.15, 0.2) is 0 Å². The third kappa shape index (κ3) is 12.9. The molecule has 0 aromatic heterocycles. The summed E-state index contributed by atoms with van der Waals surface area (Å²) in [5.74, 6) is 0. The van der Waals surface area contributed by atoms with Crippen LogP contribution < -0.4 is 22.5 Å². The zero-order valence-corrected chi connectivity index (χ0v) is 7.53. The van der Waals surface area contributed by atoms with Gasteiger partial charge in [0.05, 0.1) is 0 Å². The Kier molecular flexibility index (Phi) is 15.3. The van der Waals surface area contributed by atoms with E-state index in [1.165, 1.54) is 6.42 Å². The molecular weight excluding hydrogens is 140 g/mol. The van der Waals surface area contributed by atoms with E-state index in [2.05, 4.69) is 17.6 Å². The molecule has 0 atom stereocenters. The molecule has 70 valence electrons. The average Bonchev–Trinajstić information content (AvgIpc) is 1.97. The zero-order valence-electron chi connectivity index (χ0n) is 7.53. The summed E-state index contributed by atoms with van der Waals surface area (Å²) in [5.41, 5.74) is 5.29. The molecule has 4 nitrogen and oxygen atoms in total. The first-order valence-electron chi connectivity index (χ1n) is 4.03. The number of nitrogens with one attached hydrogen (secondary N) is 2. The lowest BCUT2D eigenvalue weighted by Gasteiger charge is -2.02. The first-order valence-corrected chi connectivity index (χ1v) is 4.03. The van der Waals surface area contributed by atoms with Crippen LogP contribution in [-0.4, -0.2) is 32.7 Å². The summed E-state index contributed by atoms with van der Waals surface area (Å²) in [6, 6.07) is 0. The van der Waals surface area contributed by atoms with Gasteiger partial charge in [-0.15, -0.1) is 0 Å². The molecule has 0 aromatic carbocycles. The van der Waals surface area contributed by atoms with E-state index in [0.29, 0.717) is 0 Å². The minimum Gasteiger partial charge on any atom is -0.344 e. The molecule has 0 aliphatic heterocycles. The first-order chi connectivity index (χ1) is 4.91. The minimum atomic E-state index is 0. The third-order valence-corrected chi connectivity index (χ3v) is 1.28. The molecule has 0 amide bonds. The lowest BCUT2D eigenvalue weighted by molar-refractivity contribution is 0.610. The third-order valence-electron chi connectivity index (χ3n) is 1.28. The fourth-order valence-electron chi connectivity index (χ4n) is 0.742. The van der Waals surface area contributed by atoms with Gasteiger partial charge in [-0.05, 0) is 26.1 Å². The summed E-state index contributed by atoms with van der Waals surface area (Å²) in [5, 5.41) is 6.48. The molecule has 0 aliphatic carbocycles. The number of hydrogen-bond donors (Lipinski definition) is 4. The minimum absolute atomic E-state index is 0. The van der Waals surface area contributed by atoms with Crippen LogP contribution in [-0.2, 0) is 0 Å². The quantitative estimate of drug-likeness (QED) is 0.387. The van der Waals surface area contributed by atoms with Crippen LogP contribution in [0.1, 0.15) is 13.3 Å². The van der Waals surface area contributed by atoms with E-state index in [-0.39, 0.29) is 6.15 Å². The summed E-state index contributed by atoms with van der Waals surface area (Å²) in [6.07, 6.45) is 1.19. The number of nitrogens with two attached hydrogens (primary N) is 1. The Balaban J connectivity index is 0. The second-order valence-corrected chi connectivity index (χ2v) is 2.25. The SMILES string of the molecule is CCNCCCNCCN.N. The molecule has 0 spiro atoms. The fourth-order valence-corrected chi connectivity index (χ4v) is 0.742. The molecule has 0 rings (SSSR count). The van der Waals surface area contributed by atoms with Gasteiger partial charge < -0.3 is 22.5 Å². The van der Waals surface area contributed by atoms with Gasteiger partial charge in [-0.25, -0.2) is 0 Å². The Labute approximate surface area is 69.5 Å². The summed E-state index contributed by atoms with van der Waals surface area (Å²) in [4.78, 5) is 0. The van der Waals surface area contributed by atoms with Gasteiger partial charge in [0.2, 0.25) is 0 Å². The second kappa shape index (κ2) is 12.5. The Morgan fingerprint density at radius 3 is 2.27 bits per heavy atom. The van der Waals surface area contributed by atoms with Crippen molar-refractivity contribution < 1.29 is 0 Å². The van der Waals surface area contributed by atoms with E-state index in [9.17, 15) is 0 Å². The highest BCUT2D eigenvalue weighted by Crippen LogP contribution is 1.71. The predicted molar refractivity (Wildman–Crippen MR) is 50.1 cm³/mol. The van der Waals surface area contributed by atoms with Gasteiger partial charge in [-0.3, -0.25) is 0 Å². The molecule has 4 heteroatoms. The van der Waals surface area contributed by atoms with Gasteiger partial charge in [-0.1, -0.05) is 6.92 Å². The van der Waals surface area contributed by atoms with E-state index >= 15 is 0 Å². The molecule has 0 radical (unpaired) electrons. The molecule has 0 unspecified atom stereocenters. The Hall–Kier alpha value is -0.160. The Morgan fingerprint density at radius 2 is 1.73 bits per heavy atom. The molecule has 0 aromatic rings. The van der Waals surface area contributed by atoms with Gasteiger partial charge in [0.25, 0.3) is 0 Å². The molecule has 0 aliphatic rings. The molecular formula is C7H22N4. The first kappa shape index (κ1) is 13.4. The van der Waals surface area contributed by atoms with E-state index in [0.717, 1.165) is 32.7 Å². The standard InChI is InChI=1S/C7H19N3.H3N/c1-2-9-5-3-6-10-7-4-8;/h9-10H,2-8H2,1H3;1H3. The van der Waals surface area contributed by atoms with Gasteiger partial charge in [0.1, 0.15) is 0 Å². The summed E-state index contributed by atoms with van der Waals surface area (Å²) in [7, 11) is 0. The van der Waals surface area contributed by atoms with Crippen LogP contribution in [0.5, 0.6) is 0 Å². The maximum Gasteiger partial charge on any atom is 0.00745 e. The van der Waals surface area contributed by atoms with Crippen LogP contribution >= 0.6 is 0 Å². The fraction of sp³-hybridized carbons (Fsp3) is 1.00. The summed E-state index contributed by atoms with van der Waals surface area (Å²) in [6.45, 7) is 7.04. The highest BCUT2D eigenvalue weighted by Gasteiger charge is 1.84. The van der Waals surface area contributed by atoms with E-state index in [4.69, 9.17) is 5.73 Å². The molecule has 0 heterocycles. The maximum atomic E-state index is 5.29. The normalized spacial score (nSPS) is 9.27. The molecule has 11 heavy (non-hydrogen) atoms. The van der Waals surface area contributed by atoms with Crippen molar-refractivity contribution in [1.29, 1.82) is 0 Å². The maximum absolute atomic E-state index is 5.29. The summed E-state index contributed by atoms with van der Waals surface area (Å²) < 4.78 is 0. The van der Waals surface area contributed by atoms with E-state index in [1.807, 2.05) is 0 Å². The molecule has 0 saturated carbocycles. The number of rotatable bonds is 7. The predicted octanol–water partition coefficient (Wildman–Crippen LogP) is -0.304. The van der Waals surface area contributed by atoms with Crippen molar-refractivity contribution >= 4 is 0 Å². The molecule has 0 bridgehead atoms. The van der Waals surface area contributed by atoms with Crippen molar-refractivity contribution in [3.8, 4) is 0 Å². The zero-order chi connectivity index (χ0) is 7.66. The van der Waals surface area contributed by atoms with Crippen LogP contribution in [0.2, 0.25) is 0 Å². The van der Waals surface area contributed by atoms with Crippen molar-refractivity contribution in [2.45, 2.75) is 13.3 Å². The van der Waals surface area contributed by atoms with Crippen LogP contribution in [0.4, 0.5) is 0 Å². The van der Waals surface area contributed by atoms with Gasteiger partial charge in [0, 0.05) is 13.1 Å². The topological polar surface area (TPSA) is 85.1 Å². The summed E-state index contributed by atoms with van der Waals surface area (Å²) >= 11 is 0. The lowest BCUT2D eigenvalue weighted by Crippen LogP contribution is -2.26.